The van der Waals surface area contributed by atoms with E-state index < -0.39 is 53.7 Å². The van der Waals surface area contributed by atoms with Crippen molar-refractivity contribution in [3.8, 4) is 0 Å². The van der Waals surface area contributed by atoms with Crippen LogP contribution in [0.1, 0.15) is 39.1 Å². The van der Waals surface area contributed by atoms with E-state index in [9.17, 15) is 31.5 Å². The number of hydrogen-bond donors (Lipinski definition) is 0. The number of hydrogen-bond acceptors (Lipinski definition) is 3. The Balaban J connectivity index is 1.49. The SMILES string of the molecule is O=C1c2ccccc2C(=O)N1CC1CCC(C(F)(F)C(F)(F)c2ccccc2F)O1. The number of ether oxygens (including phenoxy) is 1. The zero-order valence-corrected chi connectivity index (χ0v) is 15.5. The van der Waals surface area contributed by atoms with Crippen LogP contribution < -0.4 is 0 Å². The molecule has 2 amide bonds. The van der Waals surface area contributed by atoms with Gasteiger partial charge in [0.25, 0.3) is 11.8 Å². The lowest BCUT2D eigenvalue weighted by Crippen LogP contribution is -2.48. The average Bonchev–Trinajstić information content (AvgIpc) is 3.28. The fourth-order valence-corrected chi connectivity index (χ4v) is 3.81. The zero-order chi connectivity index (χ0) is 21.7. The normalized spacial score (nSPS) is 22.0. The van der Waals surface area contributed by atoms with Crippen molar-refractivity contribution < 1.29 is 36.3 Å². The molecule has 1 fully saturated rings. The van der Waals surface area contributed by atoms with E-state index >= 15 is 0 Å². The van der Waals surface area contributed by atoms with Gasteiger partial charge in [-0.15, -0.1) is 0 Å². The number of nitrogens with zero attached hydrogens (tertiary/aromatic N) is 1. The highest BCUT2D eigenvalue weighted by Crippen LogP contribution is 2.49. The first-order chi connectivity index (χ1) is 14.1. The molecule has 2 atom stereocenters. The number of fused-ring (bicyclic) bond motifs is 1. The summed E-state index contributed by atoms with van der Waals surface area (Å²) in [6.45, 7) is -0.329. The first-order valence-corrected chi connectivity index (χ1v) is 9.26. The summed E-state index contributed by atoms with van der Waals surface area (Å²) < 4.78 is 77.1. The number of carbonyl (C=O) groups excluding carboxylic acids is 2. The molecule has 0 N–H and O–H groups in total. The molecular weight excluding hydrogens is 409 g/mol. The van der Waals surface area contributed by atoms with Gasteiger partial charge in [-0.3, -0.25) is 14.5 Å². The molecule has 0 aliphatic carbocycles. The molecule has 4 rings (SSSR count). The zero-order valence-electron chi connectivity index (χ0n) is 15.5. The van der Waals surface area contributed by atoms with Gasteiger partial charge in [0, 0.05) is 0 Å². The standard InChI is InChI=1S/C21H16F5NO3/c22-16-8-4-3-7-15(16)20(23,24)21(25,26)17-10-9-12(30-17)11-27-18(28)13-5-1-2-6-14(13)19(27)29/h1-8,12,17H,9-11H2. The number of alkyl halides is 4. The van der Waals surface area contributed by atoms with Crippen LogP contribution in [-0.4, -0.2) is 41.4 Å². The molecule has 2 heterocycles. The maximum absolute atomic E-state index is 14.6. The molecule has 0 bridgehead atoms. The van der Waals surface area contributed by atoms with Gasteiger partial charge in [0.1, 0.15) is 11.9 Å². The van der Waals surface area contributed by atoms with Crippen LogP contribution in [0.3, 0.4) is 0 Å². The van der Waals surface area contributed by atoms with Crippen LogP contribution in [0.25, 0.3) is 0 Å². The number of imide groups is 1. The maximum atomic E-state index is 14.6. The first-order valence-electron chi connectivity index (χ1n) is 9.26. The van der Waals surface area contributed by atoms with E-state index in [1.807, 2.05) is 0 Å². The Morgan fingerprint density at radius 3 is 2.07 bits per heavy atom. The van der Waals surface area contributed by atoms with Crippen molar-refractivity contribution in [2.75, 3.05) is 6.54 Å². The second-order valence-electron chi connectivity index (χ2n) is 7.27. The van der Waals surface area contributed by atoms with Crippen molar-refractivity contribution in [2.45, 2.75) is 36.9 Å². The van der Waals surface area contributed by atoms with E-state index in [0.717, 1.165) is 17.0 Å². The molecule has 2 unspecified atom stereocenters. The lowest BCUT2D eigenvalue weighted by Gasteiger charge is -2.31. The Morgan fingerprint density at radius 1 is 0.900 bits per heavy atom. The number of rotatable bonds is 5. The van der Waals surface area contributed by atoms with Crippen LogP contribution in [0, 0.1) is 5.82 Å². The van der Waals surface area contributed by atoms with Gasteiger partial charge in [-0.25, -0.2) is 4.39 Å². The fourth-order valence-electron chi connectivity index (χ4n) is 3.81. The minimum absolute atomic E-state index is 0.0545. The molecule has 0 saturated carbocycles. The van der Waals surface area contributed by atoms with Gasteiger partial charge < -0.3 is 4.74 Å². The molecule has 2 aromatic rings. The van der Waals surface area contributed by atoms with E-state index in [1.54, 1.807) is 12.1 Å². The van der Waals surface area contributed by atoms with Crippen molar-refractivity contribution in [1.82, 2.24) is 4.90 Å². The summed E-state index contributed by atoms with van der Waals surface area (Å²) in [4.78, 5) is 25.7. The van der Waals surface area contributed by atoms with Gasteiger partial charge in [-0.2, -0.15) is 17.6 Å². The number of amides is 2. The van der Waals surface area contributed by atoms with Crippen LogP contribution >= 0.6 is 0 Å². The Labute approximate surface area is 168 Å². The molecule has 2 aliphatic rings. The van der Waals surface area contributed by atoms with Gasteiger partial charge in [0.2, 0.25) is 0 Å². The minimum Gasteiger partial charge on any atom is -0.367 e. The quantitative estimate of drug-likeness (QED) is 0.527. The van der Waals surface area contributed by atoms with Gasteiger partial charge >= 0.3 is 11.8 Å². The van der Waals surface area contributed by atoms with Crippen molar-refractivity contribution in [1.29, 1.82) is 0 Å². The summed E-state index contributed by atoms with van der Waals surface area (Å²) in [5.74, 6) is -12.1. The highest BCUT2D eigenvalue weighted by atomic mass is 19.3. The fraction of sp³-hybridized carbons (Fsp3) is 0.333. The minimum atomic E-state index is -4.80. The van der Waals surface area contributed by atoms with Crippen molar-refractivity contribution in [3.05, 3.63) is 71.0 Å². The van der Waals surface area contributed by atoms with Crippen molar-refractivity contribution in [2.24, 2.45) is 0 Å². The molecule has 1 saturated heterocycles. The first kappa shape index (κ1) is 20.5. The van der Waals surface area contributed by atoms with Gasteiger partial charge in [0.15, 0.2) is 0 Å². The predicted octanol–water partition coefficient (Wildman–Crippen LogP) is 4.40. The summed E-state index contributed by atoms with van der Waals surface area (Å²) in [6, 6.07) is 9.56. The molecule has 4 nitrogen and oxygen atoms in total. The van der Waals surface area contributed by atoms with E-state index in [0.29, 0.717) is 12.1 Å². The number of benzene rings is 2. The topological polar surface area (TPSA) is 46.6 Å². The highest BCUT2D eigenvalue weighted by molar-refractivity contribution is 6.21. The summed E-state index contributed by atoms with van der Waals surface area (Å²) in [5, 5.41) is 0. The van der Waals surface area contributed by atoms with Crippen molar-refractivity contribution in [3.63, 3.8) is 0 Å². The van der Waals surface area contributed by atoms with E-state index in [2.05, 4.69) is 0 Å². The lowest BCUT2D eigenvalue weighted by molar-refractivity contribution is -0.266. The molecule has 30 heavy (non-hydrogen) atoms. The molecule has 0 radical (unpaired) electrons. The second kappa shape index (κ2) is 7.16. The molecule has 9 heteroatoms. The molecule has 158 valence electrons. The Bertz CT molecular complexity index is 975. The summed E-state index contributed by atoms with van der Waals surface area (Å²) >= 11 is 0. The van der Waals surface area contributed by atoms with Crippen molar-refractivity contribution >= 4 is 11.8 Å². The Kier molecular flexibility index (Phi) is 4.88. The van der Waals surface area contributed by atoms with Crippen LogP contribution in [0.2, 0.25) is 0 Å². The van der Waals surface area contributed by atoms with Crippen LogP contribution in [0.5, 0.6) is 0 Å². The second-order valence-corrected chi connectivity index (χ2v) is 7.27. The van der Waals surface area contributed by atoms with Crippen LogP contribution in [0.4, 0.5) is 22.0 Å². The lowest BCUT2D eigenvalue weighted by atomic mass is 9.96. The number of halogens is 5. The van der Waals surface area contributed by atoms with Gasteiger partial charge in [0.05, 0.1) is 29.3 Å². The highest BCUT2D eigenvalue weighted by Gasteiger charge is 2.64. The van der Waals surface area contributed by atoms with Gasteiger partial charge in [-0.05, 0) is 37.1 Å². The number of carbonyl (C=O) groups is 2. The van der Waals surface area contributed by atoms with E-state index in [1.165, 1.54) is 12.1 Å². The third kappa shape index (κ3) is 3.08. The molecular formula is C21H16F5NO3. The Hall–Kier alpha value is -2.81. The van der Waals surface area contributed by atoms with E-state index in [4.69, 9.17) is 4.74 Å². The Morgan fingerprint density at radius 2 is 1.47 bits per heavy atom. The molecule has 0 spiro atoms. The molecule has 2 aromatic carbocycles. The maximum Gasteiger partial charge on any atom is 0.340 e. The van der Waals surface area contributed by atoms with Crippen LogP contribution in [-0.2, 0) is 10.7 Å². The largest absolute Gasteiger partial charge is 0.367 e. The summed E-state index contributed by atoms with van der Waals surface area (Å²) in [7, 11) is 0. The summed E-state index contributed by atoms with van der Waals surface area (Å²) in [6.07, 6.45) is -3.70. The summed E-state index contributed by atoms with van der Waals surface area (Å²) in [5.41, 5.74) is -1.04. The third-order valence-electron chi connectivity index (χ3n) is 5.41. The monoisotopic (exact) mass is 425 g/mol. The van der Waals surface area contributed by atoms with Crippen LogP contribution in [0.15, 0.2) is 48.5 Å². The van der Waals surface area contributed by atoms with E-state index in [-0.39, 0.29) is 24.1 Å². The third-order valence-corrected chi connectivity index (χ3v) is 5.41. The molecule has 2 aliphatic heterocycles. The predicted molar refractivity (Wildman–Crippen MR) is 94.9 cm³/mol. The molecule has 0 aromatic heterocycles. The smallest absolute Gasteiger partial charge is 0.340 e. The van der Waals surface area contributed by atoms with Gasteiger partial charge in [-0.1, -0.05) is 24.3 Å². The average molecular weight is 425 g/mol.